The molecule has 3 rings (SSSR count). The number of rotatable bonds is 12. The summed E-state index contributed by atoms with van der Waals surface area (Å²) in [6, 6.07) is 2.10. The number of nitrogens with zero attached hydrogens (tertiary/aromatic N) is 3. The second kappa shape index (κ2) is 14.0. The van der Waals surface area contributed by atoms with Crippen LogP contribution >= 0.6 is 11.3 Å². The maximum absolute atomic E-state index is 13.2. The molecular weight excluding hydrogens is 566 g/mol. The molecule has 0 aliphatic rings. The highest BCUT2D eigenvalue weighted by Crippen LogP contribution is 2.29. The minimum absolute atomic E-state index is 0.00872. The number of amides is 2. The highest BCUT2D eigenvalue weighted by Gasteiger charge is 2.28. The third-order valence-corrected chi connectivity index (χ3v) is 6.88. The lowest BCUT2D eigenvalue weighted by atomic mass is 10.1. The maximum Gasteiger partial charge on any atom is 0.415 e. The van der Waals surface area contributed by atoms with Gasteiger partial charge in [0.1, 0.15) is 28.1 Å². The molecule has 0 aromatic carbocycles. The molecule has 3 heterocycles. The first kappa shape index (κ1) is 32.1. The third kappa shape index (κ3) is 8.55. The lowest BCUT2D eigenvalue weighted by Crippen LogP contribution is -2.42. The highest BCUT2D eigenvalue weighted by atomic mass is 32.1. The second-order valence-corrected chi connectivity index (χ2v) is 11.2. The van der Waals surface area contributed by atoms with E-state index in [4.69, 9.17) is 25.7 Å². The number of nitrogens with one attached hydrogen (secondary N) is 2. The Morgan fingerprint density at radius 1 is 1.10 bits per heavy atom. The largest absolute Gasteiger partial charge is 0.466 e. The summed E-state index contributed by atoms with van der Waals surface area (Å²) in [5.41, 5.74) is 12.2. The van der Waals surface area contributed by atoms with Crippen LogP contribution in [0.15, 0.2) is 18.3 Å². The van der Waals surface area contributed by atoms with Crippen LogP contribution in [-0.2, 0) is 30.2 Å². The van der Waals surface area contributed by atoms with E-state index < -0.39 is 35.6 Å². The Bertz CT molecular complexity index is 1430. The first-order chi connectivity index (χ1) is 19.8. The van der Waals surface area contributed by atoms with Crippen LogP contribution in [0.3, 0.4) is 0 Å². The Labute approximate surface area is 247 Å². The number of hydrogen-bond acceptors (Lipinski definition) is 12. The van der Waals surface area contributed by atoms with Crippen molar-refractivity contribution in [2.45, 2.75) is 65.5 Å². The number of carbonyl (C=O) groups is 4. The summed E-state index contributed by atoms with van der Waals surface area (Å²) >= 11 is 1.04. The number of carbonyl (C=O) groups excluding carboxylic acids is 4. The Morgan fingerprint density at radius 2 is 1.81 bits per heavy atom. The van der Waals surface area contributed by atoms with Gasteiger partial charge in [0.05, 0.1) is 23.5 Å². The number of aromatic nitrogens is 3. The average molecular weight is 604 g/mol. The molecule has 15 heteroatoms. The second-order valence-electron chi connectivity index (χ2n) is 10.1. The summed E-state index contributed by atoms with van der Waals surface area (Å²) in [6.07, 6.45) is 1.41. The van der Waals surface area contributed by atoms with Gasteiger partial charge in [-0.1, -0.05) is 0 Å². The van der Waals surface area contributed by atoms with Crippen LogP contribution in [0.1, 0.15) is 62.7 Å². The number of nitrogens with two attached hydrogens (primary N) is 2. The SMILES string of the molecule is CCOC(=O)CC[C@@H](NC(=O)c1ccc(N(CCc2c[nH]c3nc(N)nc(N)c23)C(=O)OC(C)(C)C)s1)C(=O)OCC. The molecule has 14 nitrogen and oxygen atoms in total. The molecule has 2 amide bonds. The number of H-pyrrole nitrogens is 1. The van der Waals surface area contributed by atoms with Crippen LogP contribution in [-0.4, -0.2) is 70.3 Å². The van der Waals surface area contributed by atoms with Gasteiger partial charge in [0.25, 0.3) is 5.91 Å². The molecule has 3 aromatic heterocycles. The summed E-state index contributed by atoms with van der Waals surface area (Å²) in [5, 5.41) is 3.68. The van der Waals surface area contributed by atoms with Crippen molar-refractivity contribution in [1.29, 1.82) is 0 Å². The van der Waals surface area contributed by atoms with Crippen molar-refractivity contribution in [1.82, 2.24) is 20.3 Å². The summed E-state index contributed by atoms with van der Waals surface area (Å²) in [5.74, 6) is -1.45. The van der Waals surface area contributed by atoms with Crippen LogP contribution in [0.5, 0.6) is 0 Å². The standard InChI is InChI=1S/C27H37N7O7S/c1-6-39-19(35)11-8-16(24(37)40-7-2)31-23(36)17-9-10-18(42-17)34(26(38)41-27(3,4)5)13-12-15-14-30-22-20(15)21(28)32-25(29)33-22/h9-10,14,16H,6-8,11-13H2,1-5H3,(H,31,36)(H5,28,29,30,32,33)/t16-/m1/s1. The average Bonchev–Trinajstić information content (AvgIpc) is 3.54. The van der Waals surface area contributed by atoms with E-state index >= 15 is 0 Å². The van der Waals surface area contributed by atoms with Gasteiger partial charge in [-0.15, -0.1) is 11.3 Å². The number of hydrogen-bond donors (Lipinski definition) is 4. The third-order valence-electron chi connectivity index (χ3n) is 5.78. The van der Waals surface area contributed by atoms with Gasteiger partial charge in [-0.2, -0.15) is 9.97 Å². The van der Waals surface area contributed by atoms with Crippen LogP contribution in [0.4, 0.5) is 21.6 Å². The normalized spacial score (nSPS) is 12.0. The number of thiophene rings is 1. The predicted molar refractivity (Wildman–Crippen MR) is 158 cm³/mol. The van der Waals surface area contributed by atoms with Crippen molar-refractivity contribution in [2.75, 3.05) is 36.1 Å². The monoisotopic (exact) mass is 603 g/mol. The molecule has 0 unspecified atom stereocenters. The van der Waals surface area contributed by atoms with E-state index in [1.807, 2.05) is 0 Å². The summed E-state index contributed by atoms with van der Waals surface area (Å²) in [4.78, 5) is 63.5. The van der Waals surface area contributed by atoms with Crippen molar-refractivity contribution < 1.29 is 33.4 Å². The van der Waals surface area contributed by atoms with E-state index in [2.05, 4.69) is 20.3 Å². The van der Waals surface area contributed by atoms with E-state index in [1.54, 1.807) is 52.9 Å². The Morgan fingerprint density at radius 3 is 2.48 bits per heavy atom. The molecule has 228 valence electrons. The van der Waals surface area contributed by atoms with Gasteiger partial charge < -0.3 is 36.0 Å². The molecule has 6 N–H and O–H groups in total. The van der Waals surface area contributed by atoms with Crippen molar-refractivity contribution in [3.8, 4) is 0 Å². The number of aromatic amines is 1. The number of nitrogen functional groups attached to an aromatic ring is 2. The van der Waals surface area contributed by atoms with Crippen LogP contribution < -0.4 is 21.7 Å². The number of esters is 2. The molecule has 0 aliphatic heterocycles. The number of fused-ring (bicyclic) bond motifs is 1. The van der Waals surface area contributed by atoms with Gasteiger partial charge in [-0.3, -0.25) is 14.5 Å². The first-order valence-electron chi connectivity index (χ1n) is 13.4. The minimum Gasteiger partial charge on any atom is -0.466 e. The molecule has 0 radical (unpaired) electrons. The smallest absolute Gasteiger partial charge is 0.415 e. The van der Waals surface area contributed by atoms with Crippen molar-refractivity contribution in [3.05, 3.63) is 28.8 Å². The van der Waals surface area contributed by atoms with Gasteiger partial charge in [-0.05, 0) is 65.2 Å². The van der Waals surface area contributed by atoms with E-state index in [0.29, 0.717) is 22.5 Å². The lowest BCUT2D eigenvalue weighted by molar-refractivity contribution is -0.146. The molecule has 0 aliphatic carbocycles. The summed E-state index contributed by atoms with van der Waals surface area (Å²) in [7, 11) is 0. The summed E-state index contributed by atoms with van der Waals surface area (Å²) < 4.78 is 15.6. The minimum atomic E-state index is -1.06. The fourth-order valence-electron chi connectivity index (χ4n) is 3.99. The first-order valence-corrected chi connectivity index (χ1v) is 14.3. The molecule has 0 saturated heterocycles. The molecule has 0 bridgehead atoms. The lowest BCUT2D eigenvalue weighted by Gasteiger charge is -2.26. The summed E-state index contributed by atoms with van der Waals surface area (Å²) in [6.45, 7) is 9.08. The van der Waals surface area contributed by atoms with Crippen molar-refractivity contribution in [2.24, 2.45) is 0 Å². The zero-order chi connectivity index (χ0) is 31.0. The number of ether oxygens (including phenoxy) is 3. The van der Waals surface area contributed by atoms with E-state index in [-0.39, 0.29) is 49.2 Å². The molecular formula is C27H37N7O7S. The molecule has 3 aromatic rings. The van der Waals surface area contributed by atoms with Crippen LogP contribution in [0.25, 0.3) is 11.0 Å². The van der Waals surface area contributed by atoms with Gasteiger partial charge >= 0.3 is 18.0 Å². The Balaban J connectivity index is 1.81. The van der Waals surface area contributed by atoms with E-state index in [0.717, 1.165) is 16.9 Å². The zero-order valence-electron chi connectivity index (χ0n) is 24.3. The van der Waals surface area contributed by atoms with E-state index in [1.165, 1.54) is 4.90 Å². The molecule has 0 saturated carbocycles. The maximum atomic E-state index is 13.2. The van der Waals surface area contributed by atoms with Gasteiger partial charge in [0, 0.05) is 19.2 Å². The topological polar surface area (TPSA) is 205 Å². The Hall–Kier alpha value is -4.40. The van der Waals surface area contributed by atoms with Gasteiger partial charge in [0.15, 0.2) is 0 Å². The molecule has 42 heavy (non-hydrogen) atoms. The van der Waals surface area contributed by atoms with Crippen LogP contribution in [0, 0.1) is 0 Å². The predicted octanol–water partition coefficient (Wildman–Crippen LogP) is 3.17. The van der Waals surface area contributed by atoms with E-state index in [9.17, 15) is 19.2 Å². The molecule has 0 spiro atoms. The number of anilines is 3. The highest BCUT2D eigenvalue weighted by molar-refractivity contribution is 7.18. The van der Waals surface area contributed by atoms with Crippen LogP contribution in [0.2, 0.25) is 0 Å². The fraction of sp³-hybridized carbons (Fsp3) is 0.481. The van der Waals surface area contributed by atoms with Crippen molar-refractivity contribution >= 4 is 63.1 Å². The molecule has 0 fully saturated rings. The fourth-order valence-corrected chi connectivity index (χ4v) is 4.92. The zero-order valence-corrected chi connectivity index (χ0v) is 25.1. The molecule has 1 atom stereocenters. The van der Waals surface area contributed by atoms with Gasteiger partial charge in [0.2, 0.25) is 5.95 Å². The Kier molecular flexibility index (Phi) is 10.7. The van der Waals surface area contributed by atoms with Crippen molar-refractivity contribution in [3.63, 3.8) is 0 Å². The quantitative estimate of drug-likeness (QED) is 0.175. The van der Waals surface area contributed by atoms with Gasteiger partial charge in [-0.25, -0.2) is 9.59 Å².